The maximum atomic E-state index is 11.3. The van der Waals surface area contributed by atoms with Crippen molar-refractivity contribution in [3.63, 3.8) is 0 Å². The van der Waals surface area contributed by atoms with E-state index in [-0.39, 0.29) is 0 Å². The number of hydrogen-bond donors (Lipinski definition) is 1. The lowest BCUT2D eigenvalue weighted by molar-refractivity contribution is 0.168. The summed E-state index contributed by atoms with van der Waals surface area (Å²) in [5.41, 5.74) is 2.58. The van der Waals surface area contributed by atoms with Gasteiger partial charge in [0.05, 0.1) is 11.6 Å². The molecule has 4 heteroatoms. The average molecular weight is 276 g/mol. The lowest BCUT2D eigenvalue weighted by Crippen LogP contribution is -2.13. The van der Waals surface area contributed by atoms with Crippen LogP contribution in [0.15, 0.2) is 48.5 Å². The van der Waals surface area contributed by atoms with Gasteiger partial charge in [-0.3, -0.25) is 5.32 Å². The molecule has 2 aromatic rings. The van der Waals surface area contributed by atoms with Crippen LogP contribution in [0.3, 0.4) is 0 Å². The molecule has 1 amide bonds. The topological polar surface area (TPSA) is 38.3 Å². The highest BCUT2D eigenvalue weighted by molar-refractivity contribution is 6.33. The third-order valence-electron chi connectivity index (χ3n) is 2.58. The quantitative estimate of drug-likeness (QED) is 0.891. The molecule has 2 rings (SSSR count). The summed E-state index contributed by atoms with van der Waals surface area (Å²) < 4.78 is 4.81. The lowest BCUT2D eigenvalue weighted by atomic mass is 10.1. The van der Waals surface area contributed by atoms with Crippen LogP contribution in [-0.4, -0.2) is 12.7 Å². The molecule has 0 atom stereocenters. The van der Waals surface area contributed by atoms with E-state index in [1.165, 1.54) is 0 Å². The molecule has 0 saturated carbocycles. The maximum Gasteiger partial charge on any atom is 0.411 e. The summed E-state index contributed by atoms with van der Waals surface area (Å²) in [6.07, 6.45) is -0.481. The van der Waals surface area contributed by atoms with Crippen LogP contribution in [0, 0.1) is 0 Å². The Hall–Kier alpha value is -2.00. The van der Waals surface area contributed by atoms with Gasteiger partial charge in [0.1, 0.15) is 0 Å². The second-order valence-corrected chi connectivity index (χ2v) is 4.31. The summed E-state index contributed by atoms with van der Waals surface area (Å²) in [6, 6.07) is 15.2. The minimum Gasteiger partial charge on any atom is -0.450 e. The highest BCUT2D eigenvalue weighted by Crippen LogP contribution is 2.30. The number of nitrogens with one attached hydrogen (secondary N) is 1. The lowest BCUT2D eigenvalue weighted by Gasteiger charge is -2.08. The Balaban J connectivity index is 2.20. The molecule has 0 radical (unpaired) electrons. The fraction of sp³-hybridized carbons (Fsp3) is 0.133. The first kappa shape index (κ1) is 13.4. The van der Waals surface area contributed by atoms with Gasteiger partial charge in [0.2, 0.25) is 0 Å². The number of carbonyl (C=O) groups excluding carboxylic acids is 1. The molecule has 98 valence electrons. The molecule has 0 saturated heterocycles. The molecule has 0 aliphatic carbocycles. The zero-order valence-electron chi connectivity index (χ0n) is 10.5. The largest absolute Gasteiger partial charge is 0.450 e. The number of benzene rings is 2. The van der Waals surface area contributed by atoms with Gasteiger partial charge in [0, 0.05) is 11.3 Å². The average Bonchev–Trinajstić information content (AvgIpc) is 2.40. The summed E-state index contributed by atoms with van der Waals surface area (Å²) in [5.74, 6) is 0. The molecular formula is C15H14ClNO2. The molecule has 0 fully saturated rings. The number of amides is 1. The van der Waals surface area contributed by atoms with Crippen molar-refractivity contribution in [3.8, 4) is 11.1 Å². The Morgan fingerprint density at radius 3 is 2.58 bits per heavy atom. The Morgan fingerprint density at radius 2 is 1.95 bits per heavy atom. The Morgan fingerprint density at radius 1 is 1.21 bits per heavy atom. The first-order valence-electron chi connectivity index (χ1n) is 5.99. The van der Waals surface area contributed by atoms with Crippen molar-refractivity contribution in [2.24, 2.45) is 0 Å². The summed E-state index contributed by atoms with van der Waals surface area (Å²) in [7, 11) is 0. The summed E-state index contributed by atoms with van der Waals surface area (Å²) in [5, 5.41) is 3.20. The molecular weight excluding hydrogens is 262 g/mol. The molecule has 2 aromatic carbocycles. The molecule has 0 spiro atoms. The first-order valence-corrected chi connectivity index (χ1v) is 6.37. The molecule has 0 aliphatic heterocycles. The Kier molecular flexibility index (Phi) is 4.42. The number of ether oxygens (including phenoxy) is 1. The van der Waals surface area contributed by atoms with Crippen molar-refractivity contribution >= 4 is 23.4 Å². The number of rotatable bonds is 3. The third-order valence-corrected chi connectivity index (χ3v) is 2.89. The number of anilines is 1. The molecule has 1 N–H and O–H groups in total. The van der Waals surface area contributed by atoms with Gasteiger partial charge < -0.3 is 4.74 Å². The molecule has 0 unspecified atom stereocenters. The van der Waals surface area contributed by atoms with Gasteiger partial charge in [0.25, 0.3) is 0 Å². The summed E-state index contributed by atoms with van der Waals surface area (Å²) in [4.78, 5) is 11.3. The monoisotopic (exact) mass is 275 g/mol. The Bertz CT molecular complexity index is 570. The second-order valence-electron chi connectivity index (χ2n) is 3.91. The second kappa shape index (κ2) is 6.25. The van der Waals surface area contributed by atoms with Crippen LogP contribution in [0.25, 0.3) is 11.1 Å². The van der Waals surface area contributed by atoms with Gasteiger partial charge in [-0.1, -0.05) is 48.0 Å². The van der Waals surface area contributed by atoms with E-state index in [4.69, 9.17) is 16.3 Å². The van der Waals surface area contributed by atoms with E-state index < -0.39 is 6.09 Å². The Labute approximate surface area is 117 Å². The van der Waals surface area contributed by atoms with E-state index >= 15 is 0 Å². The van der Waals surface area contributed by atoms with E-state index in [9.17, 15) is 4.79 Å². The molecule has 0 bridgehead atoms. The minimum atomic E-state index is -0.481. The van der Waals surface area contributed by atoms with Gasteiger partial charge in [-0.25, -0.2) is 4.79 Å². The van der Waals surface area contributed by atoms with Gasteiger partial charge in [-0.05, 0) is 24.6 Å². The van der Waals surface area contributed by atoms with E-state index in [0.29, 0.717) is 17.3 Å². The smallest absolute Gasteiger partial charge is 0.411 e. The van der Waals surface area contributed by atoms with Crippen molar-refractivity contribution in [2.45, 2.75) is 6.92 Å². The zero-order valence-corrected chi connectivity index (χ0v) is 11.3. The maximum absolute atomic E-state index is 11.3. The highest BCUT2D eigenvalue weighted by atomic mass is 35.5. The fourth-order valence-electron chi connectivity index (χ4n) is 1.73. The fourth-order valence-corrected chi connectivity index (χ4v) is 2.02. The third kappa shape index (κ3) is 3.48. The van der Waals surface area contributed by atoms with Crippen LogP contribution in [0.2, 0.25) is 5.02 Å². The SMILES string of the molecule is CCOC(=O)Nc1ccc(-c2ccccc2)c(Cl)c1. The van der Waals surface area contributed by atoms with Crippen molar-refractivity contribution in [2.75, 3.05) is 11.9 Å². The van der Waals surface area contributed by atoms with Crippen LogP contribution >= 0.6 is 11.6 Å². The predicted octanol–water partition coefficient (Wildman–Crippen LogP) is 4.58. The number of carbonyl (C=O) groups is 1. The van der Waals surface area contributed by atoms with Crippen LogP contribution in [-0.2, 0) is 4.74 Å². The molecule has 0 aromatic heterocycles. The van der Waals surface area contributed by atoms with Gasteiger partial charge in [-0.2, -0.15) is 0 Å². The van der Waals surface area contributed by atoms with Gasteiger partial charge >= 0.3 is 6.09 Å². The van der Waals surface area contributed by atoms with Crippen molar-refractivity contribution < 1.29 is 9.53 Å². The van der Waals surface area contributed by atoms with Crippen LogP contribution in [0.1, 0.15) is 6.92 Å². The zero-order chi connectivity index (χ0) is 13.7. The molecule has 0 aliphatic rings. The standard InChI is InChI=1S/C15H14ClNO2/c1-2-19-15(18)17-12-8-9-13(14(16)10-12)11-6-4-3-5-7-11/h3-10H,2H2,1H3,(H,17,18). The van der Waals surface area contributed by atoms with Crippen molar-refractivity contribution in [1.29, 1.82) is 0 Å². The summed E-state index contributed by atoms with van der Waals surface area (Å²) >= 11 is 6.23. The van der Waals surface area contributed by atoms with Crippen LogP contribution in [0.4, 0.5) is 10.5 Å². The normalized spacial score (nSPS) is 10.0. The first-order chi connectivity index (χ1) is 9.20. The van der Waals surface area contributed by atoms with Gasteiger partial charge in [0.15, 0.2) is 0 Å². The molecule has 0 heterocycles. The van der Waals surface area contributed by atoms with Crippen molar-refractivity contribution in [3.05, 3.63) is 53.6 Å². The van der Waals surface area contributed by atoms with Crippen LogP contribution in [0.5, 0.6) is 0 Å². The highest BCUT2D eigenvalue weighted by Gasteiger charge is 2.06. The predicted molar refractivity (Wildman–Crippen MR) is 77.5 cm³/mol. The van der Waals surface area contributed by atoms with Crippen molar-refractivity contribution in [1.82, 2.24) is 0 Å². The number of halogens is 1. The molecule has 19 heavy (non-hydrogen) atoms. The van der Waals surface area contributed by atoms with Crippen LogP contribution < -0.4 is 5.32 Å². The van der Waals surface area contributed by atoms with E-state index in [1.54, 1.807) is 19.1 Å². The van der Waals surface area contributed by atoms with E-state index in [2.05, 4.69) is 5.32 Å². The summed E-state index contributed by atoms with van der Waals surface area (Å²) in [6.45, 7) is 2.09. The molecule has 3 nitrogen and oxygen atoms in total. The number of hydrogen-bond acceptors (Lipinski definition) is 2. The van der Waals surface area contributed by atoms with E-state index in [0.717, 1.165) is 11.1 Å². The van der Waals surface area contributed by atoms with Gasteiger partial charge in [-0.15, -0.1) is 0 Å². The van der Waals surface area contributed by atoms with E-state index in [1.807, 2.05) is 36.4 Å². The minimum absolute atomic E-state index is 0.335.